The van der Waals surface area contributed by atoms with E-state index in [-0.39, 0.29) is 0 Å². The molecule has 2 aromatic rings. The average molecular weight is 284 g/mol. The number of para-hydroxylation sites is 1. The Morgan fingerprint density at radius 3 is 2.48 bits per heavy atom. The highest BCUT2D eigenvalue weighted by molar-refractivity contribution is 5.37. The Morgan fingerprint density at radius 1 is 1.14 bits per heavy atom. The average Bonchev–Trinajstić information content (AvgIpc) is 2.51. The molecule has 0 unspecified atom stereocenters. The number of hydrogen-bond donors (Lipinski definition) is 1. The van der Waals surface area contributed by atoms with Crippen LogP contribution in [0.1, 0.15) is 18.4 Å². The lowest BCUT2D eigenvalue weighted by molar-refractivity contribution is 0.470. The molecule has 1 saturated heterocycles. The number of aromatic nitrogens is 2. The van der Waals surface area contributed by atoms with Crippen molar-refractivity contribution >= 4 is 5.95 Å². The molecule has 110 valence electrons. The number of ether oxygens (including phenoxy) is 1. The highest BCUT2D eigenvalue weighted by Gasteiger charge is 2.18. The summed E-state index contributed by atoms with van der Waals surface area (Å²) in [5, 5.41) is 0. The molecule has 3 rings (SSSR count). The number of hydrogen-bond acceptors (Lipinski definition) is 5. The van der Waals surface area contributed by atoms with Gasteiger partial charge < -0.3 is 15.4 Å². The van der Waals surface area contributed by atoms with Gasteiger partial charge in [-0.1, -0.05) is 18.2 Å². The molecule has 1 aliphatic rings. The smallest absolute Gasteiger partial charge is 0.225 e. The largest absolute Gasteiger partial charge is 0.454 e. The maximum atomic E-state index is 5.91. The molecule has 0 amide bonds. The summed E-state index contributed by atoms with van der Waals surface area (Å²) in [7, 11) is 0. The number of aryl methyl sites for hydroxylation is 1. The fourth-order valence-electron chi connectivity index (χ4n) is 2.42. The third-order valence-electron chi connectivity index (χ3n) is 3.76. The Hall–Kier alpha value is -2.14. The Morgan fingerprint density at radius 2 is 1.81 bits per heavy atom. The summed E-state index contributed by atoms with van der Waals surface area (Å²) in [6.45, 7) is 3.85. The van der Waals surface area contributed by atoms with Gasteiger partial charge in [-0.05, 0) is 31.4 Å². The minimum Gasteiger partial charge on any atom is -0.454 e. The predicted octanol–water partition coefficient (Wildman–Crippen LogP) is 2.50. The van der Waals surface area contributed by atoms with Gasteiger partial charge in [0.2, 0.25) is 5.95 Å². The minimum absolute atomic E-state index is 0.310. The Bertz CT molecular complexity index is 591. The summed E-state index contributed by atoms with van der Waals surface area (Å²) in [5.74, 6) is 2.23. The van der Waals surface area contributed by atoms with Gasteiger partial charge >= 0.3 is 0 Å². The van der Waals surface area contributed by atoms with Crippen LogP contribution >= 0.6 is 0 Å². The van der Waals surface area contributed by atoms with Gasteiger partial charge in [0, 0.05) is 19.1 Å². The maximum Gasteiger partial charge on any atom is 0.225 e. The zero-order valence-electron chi connectivity index (χ0n) is 12.2. The summed E-state index contributed by atoms with van der Waals surface area (Å²) < 4.78 is 5.81. The Kier molecular flexibility index (Phi) is 4.01. The molecule has 21 heavy (non-hydrogen) atoms. The molecule has 5 heteroatoms. The molecule has 0 spiro atoms. The van der Waals surface area contributed by atoms with Gasteiger partial charge in [0.05, 0.1) is 12.4 Å². The van der Waals surface area contributed by atoms with Gasteiger partial charge in [0.25, 0.3) is 0 Å². The van der Waals surface area contributed by atoms with Crippen molar-refractivity contribution in [3.8, 4) is 11.5 Å². The maximum absolute atomic E-state index is 5.91. The third kappa shape index (κ3) is 3.31. The van der Waals surface area contributed by atoms with E-state index < -0.39 is 0 Å². The van der Waals surface area contributed by atoms with Crippen LogP contribution in [-0.4, -0.2) is 29.1 Å². The molecule has 0 saturated carbocycles. The van der Waals surface area contributed by atoms with Gasteiger partial charge in [-0.15, -0.1) is 0 Å². The van der Waals surface area contributed by atoms with E-state index in [2.05, 4.69) is 14.9 Å². The van der Waals surface area contributed by atoms with Crippen molar-refractivity contribution in [2.75, 3.05) is 18.0 Å². The monoisotopic (exact) mass is 284 g/mol. The van der Waals surface area contributed by atoms with Gasteiger partial charge in [0.15, 0.2) is 5.75 Å². The van der Waals surface area contributed by atoms with Crippen LogP contribution in [0.4, 0.5) is 5.95 Å². The first kappa shape index (κ1) is 13.8. The van der Waals surface area contributed by atoms with E-state index in [1.165, 1.54) is 0 Å². The van der Waals surface area contributed by atoms with Crippen LogP contribution < -0.4 is 15.4 Å². The van der Waals surface area contributed by atoms with Crippen molar-refractivity contribution in [3.63, 3.8) is 0 Å². The van der Waals surface area contributed by atoms with E-state index in [0.717, 1.165) is 43.2 Å². The Balaban J connectivity index is 1.68. The van der Waals surface area contributed by atoms with Crippen molar-refractivity contribution in [2.24, 2.45) is 5.73 Å². The SMILES string of the molecule is Cc1ccccc1Oc1cnc(N2CCC(N)CC2)nc1. The van der Waals surface area contributed by atoms with Crippen molar-refractivity contribution in [2.45, 2.75) is 25.8 Å². The normalized spacial score (nSPS) is 16.0. The summed E-state index contributed by atoms with van der Waals surface area (Å²) in [6, 6.07) is 8.21. The Labute approximate surface area is 124 Å². The second kappa shape index (κ2) is 6.10. The number of nitrogens with two attached hydrogens (primary N) is 1. The van der Waals surface area contributed by atoms with Gasteiger partial charge in [-0.25, -0.2) is 9.97 Å². The first-order valence-electron chi connectivity index (χ1n) is 7.28. The number of anilines is 1. The van der Waals surface area contributed by atoms with Crippen molar-refractivity contribution < 1.29 is 4.74 Å². The van der Waals surface area contributed by atoms with E-state index in [1.54, 1.807) is 12.4 Å². The molecule has 1 aromatic carbocycles. The standard InChI is InChI=1S/C16H20N4O/c1-12-4-2-3-5-15(12)21-14-10-18-16(19-11-14)20-8-6-13(17)7-9-20/h2-5,10-11,13H,6-9,17H2,1H3. The molecule has 0 atom stereocenters. The quantitative estimate of drug-likeness (QED) is 0.938. The molecule has 0 radical (unpaired) electrons. The van der Waals surface area contributed by atoms with Crippen LogP contribution in [0.3, 0.4) is 0 Å². The van der Waals surface area contributed by atoms with E-state index in [9.17, 15) is 0 Å². The van der Waals surface area contributed by atoms with Gasteiger partial charge in [0.1, 0.15) is 5.75 Å². The third-order valence-corrected chi connectivity index (χ3v) is 3.76. The predicted molar refractivity (Wildman–Crippen MR) is 82.7 cm³/mol. The number of benzene rings is 1. The number of rotatable bonds is 3. The van der Waals surface area contributed by atoms with E-state index >= 15 is 0 Å². The van der Waals surface area contributed by atoms with Crippen LogP contribution in [0.2, 0.25) is 0 Å². The van der Waals surface area contributed by atoms with E-state index in [0.29, 0.717) is 11.8 Å². The summed E-state index contributed by atoms with van der Waals surface area (Å²) in [4.78, 5) is 11.0. The molecule has 0 aliphatic carbocycles. The van der Waals surface area contributed by atoms with Crippen LogP contribution in [0.5, 0.6) is 11.5 Å². The fraction of sp³-hybridized carbons (Fsp3) is 0.375. The summed E-state index contributed by atoms with van der Waals surface area (Å²) >= 11 is 0. The molecule has 2 N–H and O–H groups in total. The second-order valence-corrected chi connectivity index (χ2v) is 5.41. The first-order valence-corrected chi connectivity index (χ1v) is 7.28. The lowest BCUT2D eigenvalue weighted by atomic mass is 10.1. The molecular formula is C16H20N4O. The summed E-state index contributed by atoms with van der Waals surface area (Å²) in [5.41, 5.74) is 7.00. The summed E-state index contributed by atoms with van der Waals surface area (Å²) in [6.07, 6.45) is 5.43. The van der Waals surface area contributed by atoms with Crippen LogP contribution in [-0.2, 0) is 0 Å². The van der Waals surface area contributed by atoms with Crippen LogP contribution in [0.25, 0.3) is 0 Å². The van der Waals surface area contributed by atoms with Crippen molar-refractivity contribution in [1.29, 1.82) is 0 Å². The molecule has 1 fully saturated rings. The topological polar surface area (TPSA) is 64.3 Å². The van der Waals surface area contributed by atoms with Gasteiger partial charge in [-0.3, -0.25) is 0 Å². The molecular weight excluding hydrogens is 264 g/mol. The van der Waals surface area contributed by atoms with Crippen LogP contribution in [0.15, 0.2) is 36.7 Å². The van der Waals surface area contributed by atoms with Crippen molar-refractivity contribution in [1.82, 2.24) is 9.97 Å². The zero-order chi connectivity index (χ0) is 14.7. The molecule has 1 aliphatic heterocycles. The van der Waals surface area contributed by atoms with E-state index in [4.69, 9.17) is 10.5 Å². The number of nitrogens with zero attached hydrogens (tertiary/aromatic N) is 3. The van der Waals surface area contributed by atoms with E-state index in [1.807, 2.05) is 31.2 Å². The lowest BCUT2D eigenvalue weighted by Gasteiger charge is -2.29. The van der Waals surface area contributed by atoms with Crippen LogP contribution in [0, 0.1) is 6.92 Å². The highest BCUT2D eigenvalue weighted by Crippen LogP contribution is 2.24. The molecule has 1 aromatic heterocycles. The first-order chi connectivity index (χ1) is 10.2. The second-order valence-electron chi connectivity index (χ2n) is 5.41. The lowest BCUT2D eigenvalue weighted by Crippen LogP contribution is -2.40. The molecule has 5 nitrogen and oxygen atoms in total. The molecule has 2 heterocycles. The fourth-order valence-corrected chi connectivity index (χ4v) is 2.42. The van der Waals surface area contributed by atoms with Crippen molar-refractivity contribution in [3.05, 3.63) is 42.2 Å². The van der Waals surface area contributed by atoms with Gasteiger partial charge in [-0.2, -0.15) is 0 Å². The molecule has 0 bridgehead atoms. The zero-order valence-corrected chi connectivity index (χ0v) is 12.2. The number of piperidine rings is 1. The minimum atomic E-state index is 0.310. The highest BCUT2D eigenvalue weighted by atomic mass is 16.5.